The number of hydrogen-bond donors (Lipinski definition) is 1. The lowest BCUT2D eigenvalue weighted by molar-refractivity contribution is 0.275. The summed E-state index contributed by atoms with van der Waals surface area (Å²) in [5, 5.41) is 3.55. The first-order valence-electron chi connectivity index (χ1n) is 6.78. The number of nitrogens with one attached hydrogen (secondary N) is 1. The standard InChI is InChI=1S/C15H23NO2S/c1-11(10-19(3)17)16-14-7-13(8-14)12-5-4-6-15(9-12)18-2/h4-6,9,11,13-14,16H,7-8,10H2,1-3H3. The molecule has 4 heteroatoms. The van der Waals surface area contributed by atoms with E-state index in [4.69, 9.17) is 4.74 Å². The molecule has 0 aromatic heterocycles. The molecule has 1 aliphatic rings. The van der Waals surface area contributed by atoms with Crippen LogP contribution in [0.2, 0.25) is 0 Å². The molecule has 19 heavy (non-hydrogen) atoms. The van der Waals surface area contributed by atoms with E-state index in [0.29, 0.717) is 18.0 Å². The van der Waals surface area contributed by atoms with E-state index < -0.39 is 10.8 Å². The molecule has 0 saturated heterocycles. The Labute approximate surface area is 118 Å². The zero-order chi connectivity index (χ0) is 13.8. The van der Waals surface area contributed by atoms with Gasteiger partial charge in [-0.2, -0.15) is 0 Å². The lowest BCUT2D eigenvalue weighted by Crippen LogP contribution is -2.46. The van der Waals surface area contributed by atoms with Crippen molar-refractivity contribution in [3.8, 4) is 5.75 Å². The van der Waals surface area contributed by atoms with E-state index in [1.807, 2.05) is 6.07 Å². The van der Waals surface area contributed by atoms with E-state index in [1.54, 1.807) is 13.4 Å². The second-order valence-corrected chi connectivity index (χ2v) is 6.93. The van der Waals surface area contributed by atoms with Gasteiger partial charge >= 0.3 is 0 Å². The van der Waals surface area contributed by atoms with Gasteiger partial charge in [-0.05, 0) is 43.4 Å². The normalized spacial score (nSPS) is 25.4. The Morgan fingerprint density at radius 1 is 1.47 bits per heavy atom. The molecule has 0 aliphatic heterocycles. The third kappa shape index (κ3) is 4.05. The summed E-state index contributed by atoms with van der Waals surface area (Å²) >= 11 is 0. The van der Waals surface area contributed by atoms with Crippen molar-refractivity contribution in [2.24, 2.45) is 0 Å². The summed E-state index contributed by atoms with van der Waals surface area (Å²) in [5.41, 5.74) is 1.36. The Kier molecular flexibility index (Phi) is 4.99. The quantitative estimate of drug-likeness (QED) is 0.869. The topological polar surface area (TPSA) is 38.3 Å². The van der Waals surface area contributed by atoms with Gasteiger partial charge in [0.2, 0.25) is 0 Å². The molecule has 0 spiro atoms. The van der Waals surface area contributed by atoms with E-state index in [-0.39, 0.29) is 0 Å². The Hall–Kier alpha value is -0.870. The average Bonchev–Trinajstić information content (AvgIpc) is 2.32. The largest absolute Gasteiger partial charge is 0.497 e. The summed E-state index contributed by atoms with van der Waals surface area (Å²) < 4.78 is 16.4. The summed E-state index contributed by atoms with van der Waals surface area (Å²) in [6.45, 7) is 2.11. The van der Waals surface area contributed by atoms with Crippen molar-refractivity contribution < 1.29 is 8.95 Å². The monoisotopic (exact) mass is 281 g/mol. The number of hydrogen-bond acceptors (Lipinski definition) is 3. The number of ether oxygens (including phenoxy) is 1. The van der Waals surface area contributed by atoms with E-state index in [9.17, 15) is 4.21 Å². The molecule has 1 saturated carbocycles. The predicted octanol–water partition coefficient (Wildman–Crippen LogP) is 2.30. The van der Waals surface area contributed by atoms with E-state index in [2.05, 4.69) is 30.4 Å². The van der Waals surface area contributed by atoms with Gasteiger partial charge in [-0.1, -0.05) is 12.1 Å². The molecule has 0 bridgehead atoms. The van der Waals surface area contributed by atoms with Crippen LogP contribution in [0.5, 0.6) is 5.75 Å². The van der Waals surface area contributed by atoms with E-state index >= 15 is 0 Å². The molecule has 2 unspecified atom stereocenters. The molecule has 2 rings (SSSR count). The molecule has 0 heterocycles. The first-order valence-corrected chi connectivity index (χ1v) is 8.51. The first-order chi connectivity index (χ1) is 9.08. The molecule has 1 aliphatic carbocycles. The minimum Gasteiger partial charge on any atom is -0.497 e. The molecule has 0 amide bonds. The Morgan fingerprint density at radius 2 is 2.21 bits per heavy atom. The minimum absolute atomic E-state index is 0.335. The summed E-state index contributed by atoms with van der Waals surface area (Å²) in [7, 11) is 0.987. The molecule has 3 nitrogen and oxygen atoms in total. The maximum Gasteiger partial charge on any atom is 0.119 e. The highest BCUT2D eigenvalue weighted by Crippen LogP contribution is 2.38. The van der Waals surface area contributed by atoms with E-state index in [0.717, 1.165) is 24.3 Å². The van der Waals surface area contributed by atoms with Crippen LogP contribution in [0.3, 0.4) is 0 Å². The molecule has 0 radical (unpaired) electrons. The first kappa shape index (κ1) is 14.5. The molecule has 1 aromatic rings. The zero-order valence-corrected chi connectivity index (χ0v) is 12.7. The highest BCUT2D eigenvalue weighted by molar-refractivity contribution is 7.84. The fourth-order valence-electron chi connectivity index (χ4n) is 2.72. The Balaban J connectivity index is 1.80. The smallest absolute Gasteiger partial charge is 0.119 e. The van der Waals surface area contributed by atoms with Crippen LogP contribution < -0.4 is 10.1 Å². The molecule has 106 valence electrons. The van der Waals surface area contributed by atoms with Gasteiger partial charge in [-0.15, -0.1) is 0 Å². The fraction of sp³-hybridized carbons (Fsp3) is 0.600. The van der Waals surface area contributed by atoms with Crippen LogP contribution in [0.15, 0.2) is 24.3 Å². The average molecular weight is 281 g/mol. The molecular weight excluding hydrogens is 258 g/mol. The van der Waals surface area contributed by atoms with Gasteiger partial charge in [0.15, 0.2) is 0 Å². The van der Waals surface area contributed by atoms with Crippen molar-refractivity contribution in [3.05, 3.63) is 29.8 Å². The van der Waals surface area contributed by atoms with Gasteiger partial charge in [-0.25, -0.2) is 0 Å². The van der Waals surface area contributed by atoms with Crippen molar-refractivity contribution >= 4 is 10.8 Å². The maximum atomic E-state index is 11.2. The zero-order valence-electron chi connectivity index (χ0n) is 11.9. The predicted molar refractivity (Wildman–Crippen MR) is 80.3 cm³/mol. The number of rotatable bonds is 6. The van der Waals surface area contributed by atoms with E-state index in [1.165, 1.54) is 5.56 Å². The van der Waals surface area contributed by atoms with Gasteiger partial charge in [0.05, 0.1) is 7.11 Å². The lowest BCUT2D eigenvalue weighted by Gasteiger charge is -2.38. The molecule has 1 aromatic carbocycles. The Morgan fingerprint density at radius 3 is 2.84 bits per heavy atom. The van der Waals surface area contributed by atoms with Crippen LogP contribution in [0, 0.1) is 0 Å². The van der Waals surface area contributed by atoms with Crippen LogP contribution in [0.4, 0.5) is 0 Å². The second-order valence-electron chi connectivity index (χ2n) is 5.45. The van der Waals surface area contributed by atoms with Gasteiger partial charge < -0.3 is 10.1 Å². The molecule has 1 fully saturated rings. The maximum absolute atomic E-state index is 11.2. The van der Waals surface area contributed by atoms with Gasteiger partial charge in [0, 0.05) is 34.9 Å². The number of methoxy groups -OCH3 is 1. The third-order valence-electron chi connectivity index (χ3n) is 3.71. The van der Waals surface area contributed by atoms with Gasteiger partial charge in [0.1, 0.15) is 5.75 Å². The van der Waals surface area contributed by atoms with Crippen LogP contribution in [0.25, 0.3) is 0 Å². The van der Waals surface area contributed by atoms with Crippen molar-refractivity contribution in [2.45, 2.75) is 37.8 Å². The third-order valence-corrected chi connectivity index (χ3v) is 4.68. The second kappa shape index (κ2) is 6.53. The van der Waals surface area contributed by atoms with Gasteiger partial charge in [-0.3, -0.25) is 4.21 Å². The summed E-state index contributed by atoms with van der Waals surface area (Å²) in [4.78, 5) is 0. The summed E-state index contributed by atoms with van der Waals surface area (Å²) in [6.07, 6.45) is 4.08. The highest BCUT2D eigenvalue weighted by atomic mass is 32.2. The summed E-state index contributed by atoms with van der Waals surface area (Å²) in [5.74, 6) is 2.30. The Bertz CT molecular complexity index is 444. The SMILES string of the molecule is COc1cccc(C2CC(NC(C)CS(C)=O)C2)c1. The van der Waals surface area contributed by atoms with Crippen molar-refractivity contribution in [2.75, 3.05) is 19.1 Å². The fourth-order valence-corrected chi connectivity index (χ4v) is 3.52. The highest BCUT2D eigenvalue weighted by Gasteiger charge is 2.31. The summed E-state index contributed by atoms with van der Waals surface area (Å²) in [6, 6.07) is 9.24. The van der Waals surface area contributed by atoms with Crippen LogP contribution in [-0.4, -0.2) is 35.4 Å². The van der Waals surface area contributed by atoms with Crippen LogP contribution >= 0.6 is 0 Å². The lowest BCUT2D eigenvalue weighted by atomic mass is 9.75. The van der Waals surface area contributed by atoms with Crippen LogP contribution in [-0.2, 0) is 10.8 Å². The minimum atomic E-state index is -0.718. The van der Waals surface area contributed by atoms with Crippen molar-refractivity contribution in [3.63, 3.8) is 0 Å². The van der Waals surface area contributed by atoms with Gasteiger partial charge in [0.25, 0.3) is 0 Å². The molecular formula is C15H23NO2S. The molecule has 2 atom stereocenters. The number of benzene rings is 1. The molecule has 1 N–H and O–H groups in total. The van der Waals surface area contributed by atoms with Crippen LogP contribution in [0.1, 0.15) is 31.2 Å². The van der Waals surface area contributed by atoms with Crippen molar-refractivity contribution in [1.29, 1.82) is 0 Å². The van der Waals surface area contributed by atoms with Crippen molar-refractivity contribution in [1.82, 2.24) is 5.32 Å².